The number of hydrogen-bond acceptors (Lipinski definition) is 6. The molecule has 1 aromatic heterocycles. The molecule has 0 aromatic carbocycles. The largest absolute Gasteiger partial charge is 0.378 e. The van der Waals surface area contributed by atoms with Crippen LogP contribution < -0.4 is 10.2 Å². The molecular weight excluding hydrogens is 266 g/mol. The third-order valence-electron chi connectivity index (χ3n) is 2.67. The molecule has 0 amide bonds. The van der Waals surface area contributed by atoms with E-state index in [0.717, 1.165) is 25.9 Å². The topological polar surface area (TPSA) is 63.2 Å². The summed E-state index contributed by atoms with van der Waals surface area (Å²) in [6.45, 7) is 3.59. The van der Waals surface area contributed by atoms with Gasteiger partial charge in [-0.3, -0.25) is 0 Å². The van der Waals surface area contributed by atoms with Gasteiger partial charge in [-0.1, -0.05) is 0 Å². The van der Waals surface area contributed by atoms with Crippen LogP contribution in [0.3, 0.4) is 0 Å². The normalized spacial score (nSPS) is 15.1. The molecule has 1 N–H and O–H groups in total. The van der Waals surface area contributed by atoms with Crippen molar-refractivity contribution in [2.24, 2.45) is 0 Å². The van der Waals surface area contributed by atoms with E-state index in [2.05, 4.69) is 26.2 Å². The van der Waals surface area contributed by atoms with Crippen LogP contribution >= 0.6 is 11.6 Å². The van der Waals surface area contributed by atoms with Crippen LogP contribution in [0.1, 0.15) is 12.8 Å². The molecule has 0 saturated carbocycles. The van der Waals surface area contributed by atoms with E-state index in [4.69, 9.17) is 22.8 Å². The monoisotopic (exact) mass is 281 g/mol. The molecule has 0 spiro atoms. The van der Waals surface area contributed by atoms with Gasteiger partial charge in [-0.2, -0.15) is 15.0 Å². The van der Waals surface area contributed by atoms with E-state index in [1.807, 2.05) is 4.90 Å². The number of anilines is 2. The van der Waals surface area contributed by atoms with Gasteiger partial charge in [0.05, 0.1) is 13.2 Å². The number of ether oxygens (including phenoxy) is 1. The summed E-state index contributed by atoms with van der Waals surface area (Å²) in [7, 11) is 0. The smallest absolute Gasteiger partial charge is 0.231 e. The van der Waals surface area contributed by atoms with Crippen LogP contribution in [0.4, 0.5) is 11.9 Å². The Morgan fingerprint density at radius 1 is 1.32 bits per heavy atom. The highest BCUT2D eigenvalue weighted by Crippen LogP contribution is 2.15. The van der Waals surface area contributed by atoms with Crippen LogP contribution in [0.25, 0.3) is 0 Å². The fourth-order valence-corrected chi connectivity index (χ4v) is 1.87. The van der Waals surface area contributed by atoms with E-state index in [-0.39, 0.29) is 5.28 Å². The summed E-state index contributed by atoms with van der Waals surface area (Å²) < 4.78 is 5.29. The van der Waals surface area contributed by atoms with Gasteiger partial charge < -0.3 is 15.0 Å². The maximum Gasteiger partial charge on any atom is 0.231 e. The third-order valence-corrected chi connectivity index (χ3v) is 2.84. The van der Waals surface area contributed by atoms with E-state index >= 15 is 0 Å². The summed E-state index contributed by atoms with van der Waals surface area (Å²) >= 11 is 5.92. The SMILES string of the molecule is C#CCCCNc1nc(Cl)nc(N2CCOCC2)n1. The van der Waals surface area contributed by atoms with Gasteiger partial charge in [-0.15, -0.1) is 12.3 Å². The van der Waals surface area contributed by atoms with Crippen molar-refractivity contribution >= 4 is 23.5 Å². The van der Waals surface area contributed by atoms with E-state index in [9.17, 15) is 0 Å². The average Bonchev–Trinajstić information content (AvgIpc) is 2.44. The fraction of sp³-hybridized carbons (Fsp3) is 0.583. The van der Waals surface area contributed by atoms with Crippen molar-refractivity contribution in [1.29, 1.82) is 0 Å². The molecule has 7 heteroatoms. The minimum Gasteiger partial charge on any atom is -0.378 e. The summed E-state index contributed by atoms with van der Waals surface area (Å²) in [5, 5.41) is 3.29. The zero-order valence-corrected chi connectivity index (χ0v) is 11.4. The number of unbranched alkanes of at least 4 members (excludes halogenated alkanes) is 1. The number of rotatable bonds is 5. The van der Waals surface area contributed by atoms with Crippen molar-refractivity contribution in [3.63, 3.8) is 0 Å². The van der Waals surface area contributed by atoms with Gasteiger partial charge in [0.1, 0.15) is 0 Å². The first-order chi connectivity index (χ1) is 9.29. The van der Waals surface area contributed by atoms with Gasteiger partial charge in [-0.25, -0.2) is 0 Å². The maximum atomic E-state index is 5.92. The van der Waals surface area contributed by atoms with Gasteiger partial charge in [0.2, 0.25) is 17.2 Å². The lowest BCUT2D eigenvalue weighted by molar-refractivity contribution is 0.122. The van der Waals surface area contributed by atoms with Gasteiger partial charge >= 0.3 is 0 Å². The molecule has 19 heavy (non-hydrogen) atoms. The molecule has 0 atom stereocenters. The third kappa shape index (κ3) is 4.23. The van der Waals surface area contributed by atoms with Gasteiger partial charge in [0, 0.05) is 26.1 Å². The van der Waals surface area contributed by atoms with Crippen molar-refractivity contribution in [2.45, 2.75) is 12.8 Å². The summed E-state index contributed by atoms with van der Waals surface area (Å²) in [4.78, 5) is 14.6. The second-order valence-electron chi connectivity index (χ2n) is 4.06. The highest BCUT2D eigenvalue weighted by Gasteiger charge is 2.15. The predicted molar refractivity (Wildman–Crippen MR) is 74.4 cm³/mol. The van der Waals surface area contributed by atoms with Crippen molar-refractivity contribution in [1.82, 2.24) is 15.0 Å². The summed E-state index contributed by atoms with van der Waals surface area (Å²) in [6.07, 6.45) is 6.79. The van der Waals surface area contributed by atoms with Crippen LogP contribution in [-0.4, -0.2) is 47.8 Å². The number of terminal acetylenes is 1. The number of nitrogens with one attached hydrogen (secondary N) is 1. The van der Waals surface area contributed by atoms with Crippen molar-refractivity contribution in [3.05, 3.63) is 5.28 Å². The number of morpholine rings is 1. The molecule has 0 radical (unpaired) electrons. The Kier molecular flexibility index (Phi) is 5.19. The maximum absolute atomic E-state index is 5.92. The van der Waals surface area contributed by atoms with Crippen molar-refractivity contribution in [2.75, 3.05) is 43.1 Å². The van der Waals surface area contributed by atoms with Crippen molar-refractivity contribution < 1.29 is 4.74 Å². The number of nitrogens with zero attached hydrogens (tertiary/aromatic N) is 4. The molecule has 0 unspecified atom stereocenters. The molecule has 1 fully saturated rings. The molecule has 1 aromatic rings. The fourth-order valence-electron chi connectivity index (χ4n) is 1.71. The second-order valence-corrected chi connectivity index (χ2v) is 4.40. The summed E-state index contributed by atoms with van der Waals surface area (Å²) in [5.41, 5.74) is 0. The standard InChI is InChI=1S/C12H16ClN5O/c1-2-3-4-5-14-11-15-10(13)16-12(17-11)18-6-8-19-9-7-18/h1H,3-9H2,(H,14,15,16,17). The Balaban J connectivity index is 2.00. The van der Waals surface area contributed by atoms with Crippen LogP contribution in [0.15, 0.2) is 0 Å². The molecule has 6 nitrogen and oxygen atoms in total. The number of hydrogen-bond donors (Lipinski definition) is 1. The second kappa shape index (κ2) is 7.12. The van der Waals surface area contributed by atoms with Gasteiger partial charge in [0.25, 0.3) is 0 Å². The Hall–Kier alpha value is -1.58. The van der Waals surface area contributed by atoms with Crippen LogP contribution in [-0.2, 0) is 4.74 Å². The lowest BCUT2D eigenvalue weighted by Gasteiger charge is -2.26. The lowest BCUT2D eigenvalue weighted by atomic mass is 10.3. The molecule has 0 aliphatic carbocycles. The highest BCUT2D eigenvalue weighted by molar-refractivity contribution is 6.28. The van der Waals surface area contributed by atoms with E-state index in [0.29, 0.717) is 31.7 Å². The zero-order valence-electron chi connectivity index (χ0n) is 10.6. The van der Waals surface area contributed by atoms with Gasteiger partial charge in [-0.05, 0) is 18.0 Å². The zero-order chi connectivity index (χ0) is 13.5. The molecule has 2 rings (SSSR count). The molecule has 1 aliphatic rings. The number of halogens is 1. The Morgan fingerprint density at radius 2 is 2.11 bits per heavy atom. The van der Waals surface area contributed by atoms with E-state index < -0.39 is 0 Å². The Labute approximate surface area is 117 Å². The summed E-state index contributed by atoms with van der Waals surface area (Å²) in [6, 6.07) is 0. The minimum absolute atomic E-state index is 0.191. The van der Waals surface area contributed by atoms with Crippen LogP contribution in [0.5, 0.6) is 0 Å². The Morgan fingerprint density at radius 3 is 2.84 bits per heavy atom. The van der Waals surface area contributed by atoms with E-state index in [1.165, 1.54) is 0 Å². The minimum atomic E-state index is 0.191. The van der Waals surface area contributed by atoms with Crippen LogP contribution in [0, 0.1) is 12.3 Å². The van der Waals surface area contributed by atoms with Crippen molar-refractivity contribution in [3.8, 4) is 12.3 Å². The first-order valence-corrected chi connectivity index (χ1v) is 6.59. The molecule has 1 saturated heterocycles. The Bertz CT molecular complexity index is 456. The molecule has 2 heterocycles. The highest BCUT2D eigenvalue weighted by atomic mass is 35.5. The first kappa shape index (κ1) is 13.8. The molecule has 0 bridgehead atoms. The van der Waals surface area contributed by atoms with E-state index in [1.54, 1.807) is 0 Å². The average molecular weight is 282 g/mol. The molecule has 102 valence electrons. The predicted octanol–water partition coefficient (Wildman–Crippen LogP) is 1.19. The summed E-state index contributed by atoms with van der Waals surface area (Å²) in [5.74, 6) is 3.66. The van der Waals surface area contributed by atoms with Gasteiger partial charge in [0.15, 0.2) is 0 Å². The number of aromatic nitrogens is 3. The molecule has 1 aliphatic heterocycles. The molecular formula is C12H16ClN5O. The quantitative estimate of drug-likeness (QED) is 0.646. The first-order valence-electron chi connectivity index (χ1n) is 6.21. The van der Waals surface area contributed by atoms with Crippen LogP contribution in [0.2, 0.25) is 5.28 Å². The lowest BCUT2D eigenvalue weighted by Crippen LogP contribution is -2.37.